The molecular weight excluding hydrogens is 645 g/mol. The van der Waals surface area contributed by atoms with Crippen LogP contribution in [-0.2, 0) is 29.9 Å². The van der Waals surface area contributed by atoms with E-state index >= 15 is 0 Å². The van der Waals surface area contributed by atoms with E-state index in [1.165, 1.54) is 37.6 Å². The van der Waals surface area contributed by atoms with E-state index in [1.807, 2.05) is 4.90 Å². The second-order valence-corrected chi connectivity index (χ2v) is 11.6. The van der Waals surface area contributed by atoms with Crippen LogP contribution in [0.4, 0.5) is 24.5 Å². The number of aromatic nitrogens is 2. The molecule has 2 N–H and O–H groups in total. The molecule has 0 spiro atoms. The molecule has 0 atom stereocenters. The van der Waals surface area contributed by atoms with Gasteiger partial charge in [-0.1, -0.05) is 25.3 Å². The molecule has 268 valence electrons. The predicted octanol–water partition coefficient (Wildman–Crippen LogP) is 6.01. The molecule has 2 fully saturated rings. The minimum atomic E-state index is -4.54. The average molecular weight is 691 g/mol. The molecule has 5 rings (SSSR count). The van der Waals surface area contributed by atoms with Crippen LogP contribution in [0.3, 0.4) is 0 Å². The lowest BCUT2D eigenvalue weighted by molar-refractivity contribution is -0.149. The number of halogens is 3. The summed E-state index contributed by atoms with van der Waals surface area (Å²) in [7, 11) is 0. The van der Waals surface area contributed by atoms with Crippen molar-refractivity contribution >= 4 is 23.3 Å². The van der Waals surface area contributed by atoms with Gasteiger partial charge in [-0.05, 0) is 57.0 Å². The normalized spacial score (nSPS) is 15.2. The number of carbonyl (C=O) groups excluding carboxylic acids is 2. The Labute approximate surface area is 284 Å². The Morgan fingerprint density at radius 2 is 1.86 bits per heavy atom. The fraction of sp³-hybridized carbons (Fsp3) is 0.486. The van der Waals surface area contributed by atoms with Gasteiger partial charge in [-0.15, -0.1) is 0 Å². The van der Waals surface area contributed by atoms with Gasteiger partial charge in [0.2, 0.25) is 0 Å². The van der Waals surface area contributed by atoms with E-state index in [0.29, 0.717) is 80.4 Å². The highest BCUT2D eigenvalue weighted by Crippen LogP contribution is 2.30. The van der Waals surface area contributed by atoms with Crippen molar-refractivity contribution in [3.8, 4) is 11.1 Å². The van der Waals surface area contributed by atoms with Crippen molar-refractivity contribution in [1.82, 2.24) is 9.97 Å². The van der Waals surface area contributed by atoms with Crippen molar-refractivity contribution < 1.29 is 43.1 Å². The molecule has 11 nitrogen and oxygen atoms in total. The van der Waals surface area contributed by atoms with E-state index in [-0.39, 0.29) is 25.1 Å². The molecule has 2 aliphatic rings. The number of esters is 1. The van der Waals surface area contributed by atoms with Crippen LogP contribution in [0, 0.1) is 6.92 Å². The number of hydrogen-bond donors (Lipinski definition) is 2. The number of alkyl halides is 3. The molecule has 1 aliphatic heterocycles. The van der Waals surface area contributed by atoms with Gasteiger partial charge in [0.1, 0.15) is 12.3 Å². The number of carbonyl (C=O) groups is 2. The first-order valence-corrected chi connectivity index (χ1v) is 16.4. The number of hydrogen-bond acceptors (Lipinski definition) is 9. The van der Waals surface area contributed by atoms with E-state index in [1.54, 1.807) is 32.2 Å². The number of nitrogens with zero attached hydrogens (tertiary/aromatic N) is 2. The number of rotatable bonds is 11. The number of aromatic amines is 1. The maximum absolute atomic E-state index is 13.0. The highest BCUT2D eigenvalue weighted by atomic mass is 19.4. The summed E-state index contributed by atoms with van der Waals surface area (Å²) in [6.07, 6.45) is 5.06. The third kappa shape index (κ3) is 11.7. The smallest absolute Gasteiger partial charge is 0.416 e. The third-order valence-corrected chi connectivity index (χ3v) is 8.00. The third-order valence-electron chi connectivity index (χ3n) is 8.00. The van der Waals surface area contributed by atoms with Gasteiger partial charge >= 0.3 is 12.1 Å². The minimum absolute atomic E-state index is 0. The summed E-state index contributed by atoms with van der Waals surface area (Å²) in [5, 5.41) is 2.60. The summed E-state index contributed by atoms with van der Waals surface area (Å²) in [6.45, 7) is 7.29. The minimum Gasteiger partial charge on any atom is -0.464 e. The Bertz CT molecular complexity index is 1590. The molecule has 14 heteroatoms. The highest BCUT2D eigenvalue weighted by molar-refractivity contribution is 6.04. The molecule has 0 bridgehead atoms. The fourth-order valence-electron chi connectivity index (χ4n) is 5.46. The second-order valence-electron chi connectivity index (χ2n) is 11.6. The summed E-state index contributed by atoms with van der Waals surface area (Å²) < 4.78 is 59.7. The number of pyridine rings is 2. The van der Waals surface area contributed by atoms with Crippen LogP contribution in [0.1, 0.15) is 62.1 Å². The number of anilines is 2. The van der Waals surface area contributed by atoms with Gasteiger partial charge in [0, 0.05) is 43.1 Å². The van der Waals surface area contributed by atoms with E-state index in [9.17, 15) is 27.6 Å². The first-order chi connectivity index (χ1) is 23.5. The second kappa shape index (κ2) is 18.5. The molecule has 0 radical (unpaired) electrons. The van der Waals surface area contributed by atoms with Crippen LogP contribution in [-0.4, -0.2) is 80.7 Å². The van der Waals surface area contributed by atoms with Crippen molar-refractivity contribution in [3.63, 3.8) is 0 Å². The molecule has 2 aromatic heterocycles. The SMILES string of the molecule is CCOC(=O)COCCOC1CCCCC1.Cc1ncc(NC(=O)c2cccc(C(F)(F)F)c2)cc1-c1c[nH]c(=O)c(N2CCOCC2)c1.[HH]. The van der Waals surface area contributed by atoms with Gasteiger partial charge in [-0.2, -0.15) is 13.2 Å². The number of morpholine rings is 1. The first-order valence-electron chi connectivity index (χ1n) is 16.4. The van der Waals surface area contributed by atoms with Crippen LogP contribution >= 0.6 is 0 Å². The molecule has 0 unspecified atom stereocenters. The predicted molar refractivity (Wildman–Crippen MR) is 180 cm³/mol. The fourth-order valence-corrected chi connectivity index (χ4v) is 5.46. The number of H-pyrrole nitrogens is 1. The van der Waals surface area contributed by atoms with E-state index in [0.717, 1.165) is 25.0 Å². The topological polar surface area (TPSA) is 132 Å². The molecule has 1 aliphatic carbocycles. The number of nitrogens with one attached hydrogen (secondary N) is 2. The molecule has 1 saturated carbocycles. The van der Waals surface area contributed by atoms with E-state index in [2.05, 4.69) is 15.3 Å². The van der Waals surface area contributed by atoms with Gasteiger partial charge in [-0.25, -0.2) is 4.79 Å². The Balaban J connectivity index is 0.000000336. The molecular formula is C35H45F3N4O7. The number of ether oxygens (including phenoxy) is 4. The Hall–Kier alpha value is -4.27. The first kappa shape index (κ1) is 37.5. The van der Waals surface area contributed by atoms with Crippen LogP contribution in [0.2, 0.25) is 0 Å². The van der Waals surface area contributed by atoms with E-state index < -0.39 is 17.6 Å². The lowest BCUT2D eigenvalue weighted by Crippen LogP contribution is -2.39. The molecule has 1 aromatic carbocycles. The zero-order valence-corrected chi connectivity index (χ0v) is 27.8. The van der Waals surface area contributed by atoms with Crippen molar-refractivity contribution in [3.05, 3.63) is 76.0 Å². The summed E-state index contributed by atoms with van der Waals surface area (Å²) >= 11 is 0. The molecule has 1 amide bonds. The van der Waals surface area contributed by atoms with Crippen LogP contribution < -0.4 is 15.8 Å². The highest BCUT2D eigenvalue weighted by Gasteiger charge is 2.31. The zero-order chi connectivity index (χ0) is 35.2. The lowest BCUT2D eigenvalue weighted by Gasteiger charge is -2.28. The van der Waals surface area contributed by atoms with Gasteiger partial charge < -0.3 is 34.1 Å². The number of aryl methyl sites for hydroxylation is 1. The zero-order valence-electron chi connectivity index (χ0n) is 27.8. The Morgan fingerprint density at radius 1 is 1.10 bits per heavy atom. The summed E-state index contributed by atoms with van der Waals surface area (Å²) in [5.74, 6) is -0.992. The monoisotopic (exact) mass is 690 g/mol. The maximum Gasteiger partial charge on any atom is 0.416 e. The Morgan fingerprint density at radius 3 is 2.57 bits per heavy atom. The molecule has 49 heavy (non-hydrogen) atoms. The van der Waals surface area contributed by atoms with Crippen LogP contribution in [0.5, 0.6) is 0 Å². The van der Waals surface area contributed by atoms with E-state index in [4.69, 9.17) is 18.9 Å². The number of benzene rings is 1. The van der Waals surface area contributed by atoms with Crippen molar-refractivity contribution in [2.45, 2.75) is 58.2 Å². The van der Waals surface area contributed by atoms with Crippen LogP contribution in [0.15, 0.2) is 53.6 Å². The maximum atomic E-state index is 13.0. The van der Waals surface area contributed by atoms with Crippen molar-refractivity contribution in [1.29, 1.82) is 0 Å². The van der Waals surface area contributed by atoms with Gasteiger partial charge in [0.15, 0.2) is 0 Å². The largest absolute Gasteiger partial charge is 0.464 e. The quantitative estimate of drug-likeness (QED) is 0.183. The molecule has 1 saturated heterocycles. The summed E-state index contributed by atoms with van der Waals surface area (Å²) in [6, 6.07) is 7.63. The summed E-state index contributed by atoms with van der Waals surface area (Å²) in [5.41, 5.74) is 1.60. The standard InChI is InChI=1S/C23H21F3N4O3.C12H22O4.H2/c1-14-19(16-10-20(22(32)28-12-16)30-5-7-33-8-6-30)11-18(13-27-14)29-21(31)15-3-2-4-17(9-15)23(24,25)26;1-2-15-12(13)10-14-8-9-16-11-6-4-3-5-7-11;/h2-4,9-13H,5-8H2,1H3,(H,28,32)(H,29,31);11H,2-10H2,1H3;1H. The summed E-state index contributed by atoms with van der Waals surface area (Å²) in [4.78, 5) is 44.8. The lowest BCUT2D eigenvalue weighted by atomic mass is 9.98. The number of amides is 1. The van der Waals surface area contributed by atoms with Crippen molar-refractivity contribution in [2.24, 2.45) is 0 Å². The Kier molecular flexibility index (Phi) is 14.2. The average Bonchev–Trinajstić information content (AvgIpc) is 3.10. The van der Waals surface area contributed by atoms with Gasteiger partial charge in [0.05, 0.1) is 56.6 Å². The van der Waals surface area contributed by atoms with Crippen molar-refractivity contribution in [2.75, 3.05) is 62.9 Å². The van der Waals surface area contributed by atoms with Gasteiger partial charge in [0.25, 0.3) is 11.5 Å². The molecule has 3 aromatic rings. The molecule has 3 heterocycles. The van der Waals surface area contributed by atoms with Gasteiger partial charge in [-0.3, -0.25) is 14.6 Å². The van der Waals surface area contributed by atoms with Crippen LogP contribution in [0.25, 0.3) is 11.1 Å².